The number of fused-ring (bicyclic) bond motifs is 1. The van der Waals surface area contributed by atoms with Gasteiger partial charge in [-0.3, -0.25) is 4.68 Å². The van der Waals surface area contributed by atoms with Gasteiger partial charge in [-0.1, -0.05) is 11.3 Å². The third-order valence-corrected chi connectivity index (χ3v) is 4.23. The zero-order valence-electron chi connectivity index (χ0n) is 11.8. The minimum absolute atomic E-state index is 0.516. The van der Waals surface area contributed by atoms with Crippen LogP contribution >= 0.6 is 11.3 Å². The van der Waals surface area contributed by atoms with Crippen molar-refractivity contribution in [2.45, 2.75) is 40.2 Å². The zero-order valence-corrected chi connectivity index (χ0v) is 12.6. The highest BCUT2D eigenvalue weighted by Gasteiger charge is 2.14. The van der Waals surface area contributed by atoms with E-state index in [9.17, 15) is 0 Å². The van der Waals surface area contributed by atoms with Crippen molar-refractivity contribution >= 4 is 21.4 Å². The normalized spacial score (nSPS) is 11.6. The highest BCUT2D eigenvalue weighted by Crippen LogP contribution is 2.18. The quantitative estimate of drug-likeness (QED) is 0.785. The molecule has 3 heterocycles. The van der Waals surface area contributed by atoms with E-state index in [4.69, 9.17) is 5.73 Å². The summed E-state index contributed by atoms with van der Waals surface area (Å²) in [5.41, 5.74) is 9.28. The SMILES string of the molecule is CCn1nc(C)c(CCc2nnc3sc(N)nn23)c1C. The van der Waals surface area contributed by atoms with Crippen LogP contribution in [0, 0.1) is 13.8 Å². The zero-order chi connectivity index (χ0) is 14.3. The number of nitrogens with two attached hydrogens (primary N) is 1. The minimum Gasteiger partial charge on any atom is -0.374 e. The van der Waals surface area contributed by atoms with E-state index in [1.54, 1.807) is 4.52 Å². The molecule has 2 N–H and O–H groups in total. The molecule has 106 valence electrons. The molecular formula is C12H17N7S. The Balaban J connectivity index is 1.84. The van der Waals surface area contributed by atoms with Crippen molar-refractivity contribution in [3.05, 3.63) is 22.8 Å². The number of hydrogen-bond acceptors (Lipinski definition) is 6. The van der Waals surface area contributed by atoms with Crippen LogP contribution in [0.1, 0.15) is 29.7 Å². The number of nitrogen functional groups attached to an aromatic ring is 1. The Morgan fingerprint density at radius 2 is 1.95 bits per heavy atom. The van der Waals surface area contributed by atoms with Crippen molar-refractivity contribution in [3.8, 4) is 0 Å². The molecule has 0 aromatic carbocycles. The standard InChI is InChI=1S/C12H17N7S/c1-4-18-8(3)9(7(2)16-18)5-6-10-14-15-12-19(10)17-11(13)20-12/h4-6H2,1-3H3,(H2,13,17). The lowest BCUT2D eigenvalue weighted by Crippen LogP contribution is -2.02. The summed E-state index contributed by atoms with van der Waals surface area (Å²) < 4.78 is 3.76. The summed E-state index contributed by atoms with van der Waals surface area (Å²) in [6, 6.07) is 0. The lowest BCUT2D eigenvalue weighted by atomic mass is 10.1. The van der Waals surface area contributed by atoms with Crippen molar-refractivity contribution in [1.82, 2.24) is 29.6 Å². The van der Waals surface area contributed by atoms with Gasteiger partial charge in [0.25, 0.3) is 0 Å². The summed E-state index contributed by atoms with van der Waals surface area (Å²) in [4.78, 5) is 0.746. The van der Waals surface area contributed by atoms with Crippen LogP contribution in [-0.4, -0.2) is 29.6 Å². The monoisotopic (exact) mass is 291 g/mol. The van der Waals surface area contributed by atoms with Crippen LogP contribution in [0.15, 0.2) is 0 Å². The lowest BCUT2D eigenvalue weighted by molar-refractivity contribution is 0.633. The Labute approximate surface area is 120 Å². The molecule has 0 saturated carbocycles. The van der Waals surface area contributed by atoms with Gasteiger partial charge in [0.2, 0.25) is 10.1 Å². The molecule has 0 spiro atoms. The molecule has 0 saturated heterocycles. The van der Waals surface area contributed by atoms with Gasteiger partial charge in [0.05, 0.1) is 5.69 Å². The number of anilines is 1. The van der Waals surface area contributed by atoms with E-state index in [0.717, 1.165) is 35.9 Å². The molecule has 0 aliphatic heterocycles. The van der Waals surface area contributed by atoms with Gasteiger partial charge in [0.1, 0.15) is 0 Å². The van der Waals surface area contributed by atoms with E-state index in [1.807, 2.05) is 4.68 Å². The molecule has 0 unspecified atom stereocenters. The van der Waals surface area contributed by atoms with Gasteiger partial charge in [-0.25, -0.2) is 0 Å². The molecule has 0 atom stereocenters. The molecule has 3 aromatic rings. The number of aromatic nitrogens is 6. The highest BCUT2D eigenvalue weighted by atomic mass is 32.1. The molecule has 3 aromatic heterocycles. The van der Waals surface area contributed by atoms with Crippen LogP contribution in [0.25, 0.3) is 4.96 Å². The Morgan fingerprint density at radius 3 is 2.65 bits per heavy atom. The molecule has 0 fully saturated rings. The van der Waals surface area contributed by atoms with Crippen LogP contribution in [0.3, 0.4) is 0 Å². The van der Waals surface area contributed by atoms with Crippen molar-refractivity contribution in [3.63, 3.8) is 0 Å². The molecular weight excluding hydrogens is 274 g/mol. The Hall–Kier alpha value is -1.96. The van der Waals surface area contributed by atoms with Crippen LogP contribution in [0.5, 0.6) is 0 Å². The molecule has 8 heteroatoms. The van der Waals surface area contributed by atoms with Gasteiger partial charge in [-0.05, 0) is 32.8 Å². The lowest BCUT2D eigenvalue weighted by Gasteiger charge is -2.02. The van der Waals surface area contributed by atoms with E-state index in [2.05, 4.69) is 41.2 Å². The first-order chi connectivity index (χ1) is 9.60. The van der Waals surface area contributed by atoms with E-state index in [-0.39, 0.29) is 0 Å². The van der Waals surface area contributed by atoms with E-state index in [1.165, 1.54) is 22.6 Å². The smallest absolute Gasteiger partial charge is 0.236 e. The maximum Gasteiger partial charge on any atom is 0.236 e. The number of rotatable bonds is 4. The second-order valence-electron chi connectivity index (χ2n) is 4.72. The second-order valence-corrected chi connectivity index (χ2v) is 5.70. The summed E-state index contributed by atoms with van der Waals surface area (Å²) in [7, 11) is 0. The first-order valence-corrected chi connectivity index (χ1v) is 7.41. The van der Waals surface area contributed by atoms with Gasteiger partial charge in [-0.15, -0.1) is 15.3 Å². The molecule has 0 aliphatic rings. The average Bonchev–Trinajstić information content (AvgIpc) is 3.02. The van der Waals surface area contributed by atoms with Crippen molar-refractivity contribution in [2.75, 3.05) is 5.73 Å². The number of nitrogens with zero attached hydrogens (tertiary/aromatic N) is 6. The van der Waals surface area contributed by atoms with E-state index in [0.29, 0.717) is 5.13 Å². The number of aryl methyl sites for hydroxylation is 3. The topological polar surface area (TPSA) is 86.9 Å². The van der Waals surface area contributed by atoms with Gasteiger partial charge in [0.15, 0.2) is 5.82 Å². The summed E-state index contributed by atoms with van der Waals surface area (Å²) in [6.45, 7) is 7.15. The van der Waals surface area contributed by atoms with Crippen molar-refractivity contribution < 1.29 is 0 Å². The first kappa shape index (κ1) is 13.0. The fourth-order valence-corrected chi connectivity index (χ4v) is 3.09. The third-order valence-electron chi connectivity index (χ3n) is 3.50. The minimum atomic E-state index is 0.516. The van der Waals surface area contributed by atoms with Crippen LogP contribution in [0.4, 0.5) is 5.13 Å². The predicted octanol–water partition coefficient (Wildman–Crippen LogP) is 1.39. The average molecular weight is 291 g/mol. The molecule has 3 rings (SSSR count). The Kier molecular flexibility index (Phi) is 3.17. The second kappa shape index (κ2) is 4.86. The van der Waals surface area contributed by atoms with E-state index >= 15 is 0 Å². The van der Waals surface area contributed by atoms with Gasteiger partial charge >= 0.3 is 0 Å². The Bertz CT molecular complexity index is 751. The molecule has 0 amide bonds. The maximum atomic E-state index is 5.69. The van der Waals surface area contributed by atoms with Gasteiger partial charge < -0.3 is 5.73 Å². The summed E-state index contributed by atoms with van der Waals surface area (Å²) >= 11 is 1.35. The summed E-state index contributed by atoms with van der Waals surface area (Å²) in [6.07, 6.45) is 1.66. The third kappa shape index (κ3) is 2.05. The summed E-state index contributed by atoms with van der Waals surface area (Å²) in [5.74, 6) is 0.844. The van der Waals surface area contributed by atoms with Gasteiger partial charge in [-0.2, -0.15) is 9.61 Å². The van der Waals surface area contributed by atoms with Crippen molar-refractivity contribution in [2.24, 2.45) is 0 Å². The fourth-order valence-electron chi connectivity index (χ4n) is 2.47. The van der Waals surface area contributed by atoms with Crippen LogP contribution in [0.2, 0.25) is 0 Å². The molecule has 0 bridgehead atoms. The molecule has 0 radical (unpaired) electrons. The summed E-state index contributed by atoms with van der Waals surface area (Å²) in [5, 5.41) is 17.5. The van der Waals surface area contributed by atoms with Crippen LogP contribution < -0.4 is 5.73 Å². The number of hydrogen-bond donors (Lipinski definition) is 1. The molecule has 20 heavy (non-hydrogen) atoms. The highest BCUT2D eigenvalue weighted by molar-refractivity contribution is 7.20. The first-order valence-electron chi connectivity index (χ1n) is 6.59. The molecule has 0 aliphatic carbocycles. The largest absolute Gasteiger partial charge is 0.374 e. The van der Waals surface area contributed by atoms with Crippen molar-refractivity contribution in [1.29, 1.82) is 0 Å². The predicted molar refractivity (Wildman–Crippen MR) is 77.9 cm³/mol. The Morgan fingerprint density at radius 1 is 1.15 bits per heavy atom. The fraction of sp³-hybridized carbons (Fsp3) is 0.500. The maximum absolute atomic E-state index is 5.69. The molecule has 7 nitrogen and oxygen atoms in total. The van der Waals surface area contributed by atoms with E-state index < -0.39 is 0 Å². The van der Waals surface area contributed by atoms with Crippen LogP contribution in [-0.2, 0) is 19.4 Å². The van der Waals surface area contributed by atoms with Gasteiger partial charge in [0, 0.05) is 18.7 Å².